The molecule has 1 aliphatic rings. The molecule has 0 radical (unpaired) electrons. The van der Waals surface area contributed by atoms with Gasteiger partial charge in [-0.2, -0.15) is 0 Å². The van der Waals surface area contributed by atoms with Crippen molar-refractivity contribution >= 4 is 0 Å². The minimum atomic E-state index is -0.135. The van der Waals surface area contributed by atoms with Gasteiger partial charge in [-0.3, -0.25) is 0 Å². The fourth-order valence-electron chi connectivity index (χ4n) is 2.43. The van der Waals surface area contributed by atoms with Gasteiger partial charge in [0.05, 0.1) is 0 Å². The number of halogens is 1. The highest BCUT2D eigenvalue weighted by Gasteiger charge is 2.17. The van der Waals surface area contributed by atoms with E-state index < -0.39 is 0 Å². The van der Waals surface area contributed by atoms with Gasteiger partial charge in [0.25, 0.3) is 0 Å². The molecule has 0 atom stereocenters. The van der Waals surface area contributed by atoms with Gasteiger partial charge in [-0.05, 0) is 62.5 Å². The van der Waals surface area contributed by atoms with Crippen LogP contribution in [0.4, 0.5) is 4.39 Å². The first kappa shape index (κ1) is 12.5. The van der Waals surface area contributed by atoms with Crippen LogP contribution in [0.2, 0.25) is 0 Å². The summed E-state index contributed by atoms with van der Waals surface area (Å²) in [7, 11) is 0. The van der Waals surface area contributed by atoms with Gasteiger partial charge in [0.15, 0.2) is 0 Å². The smallest absolute Gasteiger partial charge is 0.123 e. The second-order valence-electron chi connectivity index (χ2n) is 4.90. The van der Waals surface area contributed by atoms with E-state index >= 15 is 0 Å². The van der Waals surface area contributed by atoms with Crippen molar-refractivity contribution < 1.29 is 4.39 Å². The molecule has 0 spiro atoms. The molecule has 1 aromatic rings. The second kappa shape index (κ2) is 6.12. The fraction of sp³-hybridized carbons (Fsp3) is 0.571. The number of rotatable bonds is 4. The third-order valence-corrected chi connectivity index (χ3v) is 3.65. The number of hydrogen-bond acceptors (Lipinski definition) is 2. The Labute approximate surface area is 103 Å². The molecule has 0 aromatic heterocycles. The SMILES string of the molecule is NCC1CCN(CCc2cccc(F)c2)CC1. The maximum Gasteiger partial charge on any atom is 0.123 e. The highest BCUT2D eigenvalue weighted by Crippen LogP contribution is 2.16. The largest absolute Gasteiger partial charge is 0.330 e. The lowest BCUT2D eigenvalue weighted by Gasteiger charge is -2.31. The van der Waals surface area contributed by atoms with Gasteiger partial charge < -0.3 is 10.6 Å². The number of likely N-dealkylation sites (tertiary alicyclic amines) is 1. The van der Waals surface area contributed by atoms with Gasteiger partial charge in [-0.25, -0.2) is 4.39 Å². The van der Waals surface area contributed by atoms with Crippen LogP contribution in [0.15, 0.2) is 24.3 Å². The summed E-state index contributed by atoms with van der Waals surface area (Å²) in [6.07, 6.45) is 3.35. The summed E-state index contributed by atoms with van der Waals surface area (Å²) in [4.78, 5) is 2.46. The summed E-state index contributed by atoms with van der Waals surface area (Å²) < 4.78 is 13.0. The molecule has 0 bridgehead atoms. The van der Waals surface area contributed by atoms with Crippen molar-refractivity contribution in [3.8, 4) is 0 Å². The van der Waals surface area contributed by atoms with Crippen LogP contribution in [-0.4, -0.2) is 31.1 Å². The van der Waals surface area contributed by atoms with Crippen LogP contribution < -0.4 is 5.73 Å². The first-order valence-electron chi connectivity index (χ1n) is 6.45. The highest BCUT2D eigenvalue weighted by molar-refractivity contribution is 5.16. The van der Waals surface area contributed by atoms with E-state index in [0.29, 0.717) is 5.92 Å². The summed E-state index contributed by atoms with van der Waals surface area (Å²) in [6, 6.07) is 6.91. The first-order valence-corrected chi connectivity index (χ1v) is 6.45. The van der Waals surface area contributed by atoms with E-state index in [1.165, 1.54) is 18.9 Å². The number of hydrogen-bond donors (Lipinski definition) is 1. The van der Waals surface area contributed by atoms with Crippen molar-refractivity contribution in [1.82, 2.24) is 4.90 Å². The Bertz CT molecular complexity index is 346. The number of benzene rings is 1. The predicted molar refractivity (Wildman–Crippen MR) is 68.3 cm³/mol. The van der Waals surface area contributed by atoms with E-state index in [4.69, 9.17) is 5.73 Å². The Balaban J connectivity index is 1.76. The molecule has 17 heavy (non-hydrogen) atoms. The summed E-state index contributed by atoms with van der Waals surface area (Å²) in [6.45, 7) is 4.12. The zero-order chi connectivity index (χ0) is 12.1. The number of piperidine rings is 1. The van der Waals surface area contributed by atoms with Gasteiger partial charge >= 0.3 is 0 Å². The molecule has 2 N–H and O–H groups in total. The molecule has 1 heterocycles. The third-order valence-electron chi connectivity index (χ3n) is 3.65. The lowest BCUT2D eigenvalue weighted by molar-refractivity contribution is 0.189. The van der Waals surface area contributed by atoms with E-state index in [9.17, 15) is 4.39 Å². The molecule has 1 fully saturated rings. The Hall–Kier alpha value is -0.930. The fourth-order valence-corrected chi connectivity index (χ4v) is 2.43. The maximum atomic E-state index is 13.0. The second-order valence-corrected chi connectivity index (χ2v) is 4.90. The highest BCUT2D eigenvalue weighted by atomic mass is 19.1. The molecule has 1 saturated heterocycles. The summed E-state index contributed by atoms with van der Waals surface area (Å²) in [5, 5.41) is 0. The van der Waals surface area contributed by atoms with E-state index in [1.807, 2.05) is 6.07 Å². The molecular formula is C14H21FN2. The standard InChI is InChI=1S/C14H21FN2/c15-14-3-1-2-12(10-14)4-7-17-8-5-13(11-16)6-9-17/h1-3,10,13H,4-9,11,16H2. The maximum absolute atomic E-state index is 13.0. The Morgan fingerprint density at radius 2 is 2.06 bits per heavy atom. The molecule has 1 aromatic carbocycles. The molecular weight excluding hydrogens is 215 g/mol. The molecule has 0 aliphatic carbocycles. The van der Waals surface area contributed by atoms with E-state index in [0.717, 1.165) is 38.2 Å². The molecule has 0 unspecified atom stereocenters. The first-order chi connectivity index (χ1) is 8.28. The average Bonchev–Trinajstić information content (AvgIpc) is 2.37. The minimum absolute atomic E-state index is 0.135. The summed E-state index contributed by atoms with van der Waals surface area (Å²) in [5.74, 6) is 0.574. The number of nitrogens with two attached hydrogens (primary N) is 1. The van der Waals surface area contributed by atoms with Crippen LogP contribution in [-0.2, 0) is 6.42 Å². The van der Waals surface area contributed by atoms with E-state index in [1.54, 1.807) is 12.1 Å². The third kappa shape index (κ3) is 3.79. The quantitative estimate of drug-likeness (QED) is 0.867. The molecule has 0 amide bonds. The molecule has 2 rings (SSSR count). The number of nitrogens with zero attached hydrogens (tertiary/aromatic N) is 1. The topological polar surface area (TPSA) is 29.3 Å². The van der Waals surface area contributed by atoms with E-state index in [-0.39, 0.29) is 5.82 Å². The Kier molecular flexibility index (Phi) is 4.51. The van der Waals surface area contributed by atoms with Gasteiger partial charge in [-0.15, -0.1) is 0 Å². The van der Waals surface area contributed by atoms with Gasteiger partial charge in [0.2, 0.25) is 0 Å². The molecule has 2 nitrogen and oxygen atoms in total. The van der Waals surface area contributed by atoms with Crippen LogP contribution in [0, 0.1) is 11.7 Å². The van der Waals surface area contributed by atoms with Gasteiger partial charge in [-0.1, -0.05) is 12.1 Å². The zero-order valence-electron chi connectivity index (χ0n) is 10.2. The molecule has 3 heteroatoms. The lowest BCUT2D eigenvalue weighted by Crippen LogP contribution is -2.37. The van der Waals surface area contributed by atoms with Crippen molar-refractivity contribution in [3.05, 3.63) is 35.6 Å². The van der Waals surface area contributed by atoms with Crippen molar-refractivity contribution in [3.63, 3.8) is 0 Å². The zero-order valence-corrected chi connectivity index (χ0v) is 10.2. The van der Waals surface area contributed by atoms with Gasteiger partial charge in [0, 0.05) is 6.54 Å². The monoisotopic (exact) mass is 236 g/mol. The lowest BCUT2D eigenvalue weighted by atomic mass is 9.97. The van der Waals surface area contributed by atoms with E-state index in [2.05, 4.69) is 4.90 Å². The summed E-state index contributed by atoms with van der Waals surface area (Å²) >= 11 is 0. The van der Waals surface area contributed by atoms with Crippen molar-refractivity contribution in [2.45, 2.75) is 19.3 Å². The predicted octanol–water partition coefficient (Wildman–Crippen LogP) is 2.04. The van der Waals surface area contributed by atoms with Gasteiger partial charge in [0.1, 0.15) is 5.82 Å². The molecule has 1 aliphatic heterocycles. The molecule has 0 saturated carbocycles. The Morgan fingerprint density at radius 3 is 2.71 bits per heavy atom. The van der Waals surface area contributed by atoms with Crippen LogP contribution in [0.25, 0.3) is 0 Å². The minimum Gasteiger partial charge on any atom is -0.330 e. The van der Waals surface area contributed by atoms with Crippen LogP contribution in [0.3, 0.4) is 0 Å². The van der Waals surface area contributed by atoms with Crippen LogP contribution >= 0.6 is 0 Å². The van der Waals surface area contributed by atoms with Crippen LogP contribution in [0.1, 0.15) is 18.4 Å². The average molecular weight is 236 g/mol. The van der Waals surface area contributed by atoms with Crippen molar-refractivity contribution in [2.75, 3.05) is 26.2 Å². The summed E-state index contributed by atoms with van der Waals surface area (Å²) in [5.41, 5.74) is 6.76. The van der Waals surface area contributed by atoms with Crippen molar-refractivity contribution in [1.29, 1.82) is 0 Å². The van der Waals surface area contributed by atoms with Crippen LogP contribution in [0.5, 0.6) is 0 Å². The van der Waals surface area contributed by atoms with Crippen molar-refractivity contribution in [2.24, 2.45) is 11.7 Å². The molecule has 94 valence electrons. The Morgan fingerprint density at radius 1 is 1.29 bits per heavy atom. The normalized spacial score (nSPS) is 18.5.